The molecule has 0 unspecified atom stereocenters. The summed E-state index contributed by atoms with van der Waals surface area (Å²) in [7, 11) is -3.48. The summed E-state index contributed by atoms with van der Waals surface area (Å²) in [5.41, 5.74) is 6.11. The SMILES string of the molecule is CCN1CCN(S(=O)(=O)c2ccc(Br)cc2N)CC1. The maximum Gasteiger partial charge on any atom is 0.245 e. The third-order valence-electron chi connectivity index (χ3n) is 3.37. The third kappa shape index (κ3) is 3.10. The highest BCUT2D eigenvalue weighted by molar-refractivity contribution is 9.10. The molecule has 0 spiro atoms. The first-order valence-corrected chi connectivity index (χ1v) is 8.46. The molecule has 7 heteroatoms. The molecule has 1 aromatic rings. The predicted octanol–water partition coefficient (Wildman–Crippen LogP) is 1.36. The van der Waals surface area contributed by atoms with Gasteiger partial charge >= 0.3 is 0 Å². The van der Waals surface area contributed by atoms with Crippen LogP contribution in [0.4, 0.5) is 5.69 Å². The van der Waals surface area contributed by atoms with Gasteiger partial charge < -0.3 is 10.6 Å². The summed E-state index contributed by atoms with van der Waals surface area (Å²) in [6, 6.07) is 4.88. The van der Waals surface area contributed by atoms with Crippen molar-refractivity contribution in [3.8, 4) is 0 Å². The van der Waals surface area contributed by atoms with Gasteiger partial charge in [0.2, 0.25) is 10.0 Å². The highest BCUT2D eigenvalue weighted by Crippen LogP contribution is 2.26. The number of piperazine rings is 1. The molecular weight excluding hydrogens is 330 g/mol. The largest absolute Gasteiger partial charge is 0.398 e. The van der Waals surface area contributed by atoms with Crippen molar-refractivity contribution < 1.29 is 8.42 Å². The van der Waals surface area contributed by atoms with Crippen LogP contribution in [0, 0.1) is 0 Å². The van der Waals surface area contributed by atoms with Crippen LogP contribution in [0.2, 0.25) is 0 Å². The van der Waals surface area contributed by atoms with Gasteiger partial charge in [0.15, 0.2) is 0 Å². The van der Waals surface area contributed by atoms with E-state index in [1.807, 2.05) is 0 Å². The Hall–Kier alpha value is -0.630. The van der Waals surface area contributed by atoms with E-state index in [9.17, 15) is 8.42 Å². The van der Waals surface area contributed by atoms with E-state index in [0.29, 0.717) is 13.1 Å². The molecule has 106 valence electrons. The van der Waals surface area contributed by atoms with Gasteiger partial charge in [-0.3, -0.25) is 0 Å². The molecule has 2 N–H and O–H groups in total. The molecule has 19 heavy (non-hydrogen) atoms. The average molecular weight is 348 g/mol. The average Bonchev–Trinajstić information content (AvgIpc) is 2.38. The van der Waals surface area contributed by atoms with Crippen molar-refractivity contribution in [3.05, 3.63) is 22.7 Å². The van der Waals surface area contributed by atoms with Crippen LogP contribution in [-0.2, 0) is 10.0 Å². The number of hydrogen-bond donors (Lipinski definition) is 1. The summed E-state index contributed by atoms with van der Waals surface area (Å²) >= 11 is 3.28. The molecule has 0 bridgehead atoms. The van der Waals surface area contributed by atoms with E-state index in [1.54, 1.807) is 18.2 Å². The number of anilines is 1. The molecule has 1 aromatic carbocycles. The number of rotatable bonds is 3. The molecule has 5 nitrogen and oxygen atoms in total. The zero-order valence-corrected chi connectivity index (χ0v) is 13.2. The van der Waals surface area contributed by atoms with Crippen molar-refractivity contribution in [2.24, 2.45) is 0 Å². The summed E-state index contributed by atoms with van der Waals surface area (Å²) in [5.74, 6) is 0. The van der Waals surface area contributed by atoms with Crippen molar-refractivity contribution >= 4 is 31.6 Å². The van der Waals surface area contributed by atoms with Crippen LogP contribution in [-0.4, -0.2) is 50.3 Å². The highest BCUT2D eigenvalue weighted by atomic mass is 79.9. The van der Waals surface area contributed by atoms with Crippen LogP contribution in [0.15, 0.2) is 27.6 Å². The second kappa shape index (κ2) is 5.78. The number of benzene rings is 1. The minimum absolute atomic E-state index is 0.195. The Morgan fingerprint density at radius 1 is 1.26 bits per heavy atom. The lowest BCUT2D eigenvalue weighted by molar-refractivity contribution is 0.196. The Balaban J connectivity index is 2.23. The molecule has 1 fully saturated rings. The standard InChI is InChI=1S/C12H18BrN3O2S/c1-2-15-5-7-16(8-6-15)19(17,18)12-4-3-10(13)9-11(12)14/h3-4,9H,2,5-8,14H2,1H3. The molecule has 2 rings (SSSR count). The molecular formula is C12H18BrN3O2S. The normalized spacial score (nSPS) is 18.6. The maximum absolute atomic E-state index is 12.5. The molecule has 1 saturated heterocycles. The van der Waals surface area contributed by atoms with Crippen LogP contribution in [0.25, 0.3) is 0 Å². The number of nitrogens with zero attached hydrogens (tertiary/aromatic N) is 2. The van der Waals surface area contributed by atoms with Crippen molar-refractivity contribution in [1.29, 1.82) is 0 Å². The molecule has 0 radical (unpaired) electrons. The lowest BCUT2D eigenvalue weighted by Gasteiger charge is -2.33. The molecule has 1 heterocycles. The Morgan fingerprint density at radius 3 is 2.42 bits per heavy atom. The first-order chi connectivity index (χ1) is 8.95. The van der Waals surface area contributed by atoms with Crippen LogP contribution < -0.4 is 5.73 Å². The van der Waals surface area contributed by atoms with Crippen LogP contribution in [0.5, 0.6) is 0 Å². The van der Waals surface area contributed by atoms with Crippen molar-refractivity contribution in [2.75, 3.05) is 38.5 Å². The summed E-state index contributed by atoms with van der Waals surface area (Å²) in [4.78, 5) is 2.43. The second-order valence-electron chi connectivity index (χ2n) is 4.52. The van der Waals surface area contributed by atoms with E-state index in [-0.39, 0.29) is 10.6 Å². The summed E-state index contributed by atoms with van der Waals surface area (Å²) in [5, 5.41) is 0. The second-order valence-corrected chi connectivity index (χ2v) is 7.34. The first-order valence-electron chi connectivity index (χ1n) is 6.22. The summed E-state index contributed by atoms with van der Waals surface area (Å²) < 4.78 is 27.3. The molecule has 0 aromatic heterocycles. The first kappa shape index (κ1) is 14.8. The van der Waals surface area contributed by atoms with E-state index in [4.69, 9.17) is 5.73 Å². The van der Waals surface area contributed by atoms with Crippen LogP contribution in [0.1, 0.15) is 6.92 Å². The monoisotopic (exact) mass is 347 g/mol. The van der Waals surface area contributed by atoms with E-state index in [0.717, 1.165) is 24.1 Å². The minimum atomic E-state index is -3.48. The van der Waals surface area contributed by atoms with E-state index < -0.39 is 10.0 Å². The van der Waals surface area contributed by atoms with Crippen molar-refractivity contribution in [2.45, 2.75) is 11.8 Å². The molecule has 1 aliphatic rings. The van der Waals surface area contributed by atoms with Gasteiger partial charge in [-0.2, -0.15) is 4.31 Å². The quantitative estimate of drug-likeness (QED) is 0.838. The van der Waals surface area contributed by atoms with Gasteiger partial charge in [-0.05, 0) is 24.7 Å². The number of likely N-dealkylation sites (N-methyl/N-ethyl adjacent to an activating group) is 1. The number of halogens is 1. The van der Waals surface area contributed by atoms with Crippen LogP contribution in [0.3, 0.4) is 0 Å². The Labute approximate surface area is 122 Å². The third-order valence-corrected chi connectivity index (χ3v) is 5.83. The number of nitrogen functional groups attached to an aromatic ring is 1. The van der Waals surface area contributed by atoms with E-state index >= 15 is 0 Å². The van der Waals surface area contributed by atoms with Crippen LogP contribution >= 0.6 is 15.9 Å². The fraction of sp³-hybridized carbons (Fsp3) is 0.500. The fourth-order valence-corrected chi connectivity index (χ4v) is 4.08. The topological polar surface area (TPSA) is 66.6 Å². The van der Waals surface area contributed by atoms with E-state index in [1.165, 1.54) is 4.31 Å². The van der Waals surface area contributed by atoms with Gasteiger partial charge in [0.1, 0.15) is 4.90 Å². The lowest BCUT2D eigenvalue weighted by Crippen LogP contribution is -2.48. The fourth-order valence-electron chi connectivity index (χ4n) is 2.18. The predicted molar refractivity (Wildman–Crippen MR) is 79.4 cm³/mol. The number of hydrogen-bond acceptors (Lipinski definition) is 4. The summed E-state index contributed by atoms with van der Waals surface area (Å²) in [6.07, 6.45) is 0. The van der Waals surface area contributed by atoms with Crippen molar-refractivity contribution in [1.82, 2.24) is 9.21 Å². The van der Waals surface area contributed by atoms with Crippen molar-refractivity contribution in [3.63, 3.8) is 0 Å². The zero-order chi connectivity index (χ0) is 14.0. The smallest absolute Gasteiger partial charge is 0.245 e. The Kier molecular flexibility index (Phi) is 4.50. The molecule has 0 amide bonds. The number of sulfonamides is 1. The van der Waals surface area contributed by atoms with Gasteiger partial charge in [0, 0.05) is 30.7 Å². The van der Waals surface area contributed by atoms with Gasteiger partial charge in [-0.15, -0.1) is 0 Å². The molecule has 1 aliphatic heterocycles. The molecule has 0 aliphatic carbocycles. The Morgan fingerprint density at radius 2 is 1.89 bits per heavy atom. The van der Waals surface area contributed by atoms with Gasteiger partial charge in [-0.1, -0.05) is 22.9 Å². The number of nitrogens with two attached hydrogens (primary N) is 1. The minimum Gasteiger partial charge on any atom is -0.398 e. The Bertz CT molecular complexity index is 554. The maximum atomic E-state index is 12.5. The molecule has 0 atom stereocenters. The zero-order valence-electron chi connectivity index (χ0n) is 10.8. The molecule has 0 saturated carbocycles. The van der Waals surface area contributed by atoms with E-state index in [2.05, 4.69) is 27.8 Å². The lowest BCUT2D eigenvalue weighted by atomic mass is 10.3. The highest BCUT2D eigenvalue weighted by Gasteiger charge is 2.29. The van der Waals surface area contributed by atoms with Gasteiger partial charge in [0.25, 0.3) is 0 Å². The van der Waals surface area contributed by atoms with Gasteiger partial charge in [-0.25, -0.2) is 8.42 Å². The van der Waals surface area contributed by atoms with Gasteiger partial charge in [0.05, 0.1) is 5.69 Å². The summed E-state index contributed by atoms with van der Waals surface area (Å²) in [6.45, 7) is 5.61.